The summed E-state index contributed by atoms with van der Waals surface area (Å²) in [6, 6.07) is 11.5. The van der Waals surface area contributed by atoms with E-state index in [9.17, 15) is 0 Å². The molecule has 0 aliphatic heterocycles. The van der Waals surface area contributed by atoms with Gasteiger partial charge in [-0.15, -0.1) is 0 Å². The molecule has 0 aliphatic rings. The van der Waals surface area contributed by atoms with Crippen LogP contribution in [0.5, 0.6) is 0 Å². The molecule has 4 heteroatoms. The van der Waals surface area contributed by atoms with Crippen molar-refractivity contribution >= 4 is 40.5 Å². The van der Waals surface area contributed by atoms with E-state index in [2.05, 4.69) is 19.2 Å². The van der Waals surface area contributed by atoms with Crippen LogP contribution in [-0.4, -0.2) is 0 Å². The topological polar surface area (TPSA) is 12.0 Å². The summed E-state index contributed by atoms with van der Waals surface area (Å²) >= 11 is 18.3. The molecule has 0 radical (unpaired) electrons. The first-order valence-corrected chi connectivity index (χ1v) is 7.62. The number of rotatable bonds is 4. The zero-order chi connectivity index (χ0) is 14.7. The minimum atomic E-state index is 0.122. The molecule has 1 unspecified atom stereocenters. The number of nitrogens with one attached hydrogen (secondary N) is 1. The standard InChI is InChI=1S/C16H16Cl3N/c1-3-15(13-7-6-11(17)8-14(13)19)20-16-9-12(18)5-4-10(16)2/h4-9,15,20H,3H2,1-2H3. The Labute approximate surface area is 134 Å². The highest BCUT2D eigenvalue weighted by atomic mass is 35.5. The Morgan fingerprint density at radius 2 is 1.65 bits per heavy atom. The summed E-state index contributed by atoms with van der Waals surface area (Å²) < 4.78 is 0. The lowest BCUT2D eigenvalue weighted by atomic mass is 10.0. The average Bonchev–Trinajstić information content (AvgIpc) is 2.40. The summed E-state index contributed by atoms with van der Waals surface area (Å²) in [4.78, 5) is 0. The van der Waals surface area contributed by atoms with E-state index in [4.69, 9.17) is 34.8 Å². The van der Waals surface area contributed by atoms with Crippen molar-refractivity contribution in [3.63, 3.8) is 0 Å². The van der Waals surface area contributed by atoms with Crippen LogP contribution in [0.4, 0.5) is 5.69 Å². The normalized spacial score (nSPS) is 12.2. The Morgan fingerprint density at radius 1 is 1.00 bits per heavy atom. The van der Waals surface area contributed by atoms with E-state index >= 15 is 0 Å². The van der Waals surface area contributed by atoms with Crippen molar-refractivity contribution in [2.24, 2.45) is 0 Å². The molecule has 0 amide bonds. The highest BCUT2D eigenvalue weighted by Crippen LogP contribution is 2.32. The van der Waals surface area contributed by atoms with Gasteiger partial charge in [0.05, 0.1) is 6.04 Å². The molecule has 0 bridgehead atoms. The molecule has 0 spiro atoms. The van der Waals surface area contributed by atoms with Crippen molar-refractivity contribution in [2.75, 3.05) is 5.32 Å². The minimum absolute atomic E-state index is 0.122. The molecule has 1 atom stereocenters. The fraction of sp³-hybridized carbons (Fsp3) is 0.250. The molecule has 0 heterocycles. The molecular formula is C16H16Cl3N. The molecule has 2 rings (SSSR count). The molecule has 0 aromatic heterocycles. The molecule has 2 aromatic carbocycles. The summed E-state index contributed by atoms with van der Waals surface area (Å²) in [6.07, 6.45) is 0.910. The summed E-state index contributed by atoms with van der Waals surface area (Å²) in [6.45, 7) is 4.16. The zero-order valence-corrected chi connectivity index (χ0v) is 13.7. The van der Waals surface area contributed by atoms with Crippen molar-refractivity contribution in [2.45, 2.75) is 26.3 Å². The quantitative estimate of drug-likeness (QED) is 0.673. The van der Waals surface area contributed by atoms with Crippen LogP contribution in [0.2, 0.25) is 15.1 Å². The number of aryl methyl sites for hydroxylation is 1. The van der Waals surface area contributed by atoms with Gasteiger partial charge in [0.25, 0.3) is 0 Å². The van der Waals surface area contributed by atoms with Crippen LogP contribution in [0.1, 0.15) is 30.5 Å². The van der Waals surface area contributed by atoms with E-state index in [1.165, 1.54) is 0 Å². The smallest absolute Gasteiger partial charge is 0.0526 e. The number of hydrogen-bond acceptors (Lipinski definition) is 1. The summed E-state index contributed by atoms with van der Waals surface area (Å²) in [5, 5.41) is 5.54. The molecule has 0 saturated carbocycles. The molecule has 20 heavy (non-hydrogen) atoms. The number of halogens is 3. The Morgan fingerprint density at radius 3 is 2.30 bits per heavy atom. The maximum Gasteiger partial charge on any atom is 0.0526 e. The van der Waals surface area contributed by atoms with Crippen LogP contribution in [0.15, 0.2) is 36.4 Å². The number of anilines is 1. The van der Waals surface area contributed by atoms with Gasteiger partial charge in [-0.1, -0.05) is 53.9 Å². The van der Waals surface area contributed by atoms with Gasteiger partial charge in [0.1, 0.15) is 0 Å². The van der Waals surface area contributed by atoms with Gasteiger partial charge >= 0.3 is 0 Å². The molecule has 106 valence electrons. The second-order valence-corrected chi connectivity index (χ2v) is 6.01. The lowest BCUT2D eigenvalue weighted by Gasteiger charge is -2.21. The first-order valence-electron chi connectivity index (χ1n) is 6.49. The van der Waals surface area contributed by atoms with Crippen molar-refractivity contribution in [1.29, 1.82) is 0 Å². The van der Waals surface area contributed by atoms with Gasteiger partial charge in [-0.2, -0.15) is 0 Å². The zero-order valence-electron chi connectivity index (χ0n) is 11.4. The largest absolute Gasteiger partial charge is 0.378 e. The van der Waals surface area contributed by atoms with Gasteiger partial charge in [-0.05, 0) is 48.7 Å². The number of hydrogen-bond donors (Lipinski definition) is 1. The highest BCUT2D eigenvalue weighted by molar-refractivity contribution is 6.35. The van der Waals surface area contributed by atoms with Crippen LogP contribution in [0.3, 0.4) is 0 Å². The van der Waals surface area contributed by atoms with Crippen LogP contribution >= 0.6 is 34.8 Å². The van der Waals surface area contributed by atoms with Gasteiger partial charge in [0.15, 0.2) is 0 Å². The first kappa shape index (κ1) is 15.5. The Kier molecular flexibility index (Phi) is 5.20. The average molecular weight is 329 g/mol. The van der Waals surface area contributed by atoms with Gasteiger partial charge in [0, 0.05) is 20.8 Å². The van der Waals surface area contributed by atoms with E-state index in [1.54, 1.807) is 6.07 Å². The second kappa shape index (κ2) is 6.71. The SMILES string of the molecule is CCC(Nc1cc(Cl)ccc1C)c1ccc(Cl)cc1Cl. The Bertz CT molecular complexity index is 611. The summed E-state index contributed by atoms with van der Waals surface area (Å²) in [7, 11) is 0. The minimum Gasteiger partial charge on any atom is -0.378 e. The fourth-order valence-electron chi connectivity index (χ4n) is 2.12. The highest BCUT2D eigenvalue weighted by Gasteiger charge is 2.14. The second-order valence-electron chi connectivity index (χ2n) is 4.73. The van der Waals surface area contributed by atoms with Crippen LogP contribution < -0.4 is 5.32 Å². The van der Waals surface area contributed by atoms with Gasteiger partial charge < -0.3 is 5.32 Å². The Balaban J connectivity index is 2.31. The van der Waals surface area contributed by atoms with Gasteiger partial charge in [-0.25, -0.2) is 0 Å². The van der Waals surface area contributed by atoms with Crippen LogP contribution in [-0.2, 0) is 0 Å². The molecule has 0 fully saturated rings. The lowest BCUT2D eigenvalue weighted by molar-refractivity contribution is 0.749. The molecule has 1 nitrogen and oxygen atoms in total. The summed E-state index contributed by atoms with van der Waals surface area (Å²) in [5.74, 6) is 0. The lowest BCUT2D eigenvalue weighted by Crippen LogP contribution is -2.11. The molecule has 2 aromatic rings. The maximum absolute atomic E-state index is 6.29. The van der Waals surface area contributed by atoms with Gasteiger partial charge in [0.2, 0.25) is 0 Å². The third-order valence-electron chi connectivity index (χ3n) is 3.28. The van der Waals surface area contributed by atoms with Crippen LogP contribution in [0, 0.1) is 6.92 Å². The summed E-state index contributed by atoms with van der Waals surface area (Å²) in [5.41, 5.74) is 3.21. The van der Waals surface area contributed by atoms with Crippen molar-refractivity contribution in [3.05, 3.63) is 62.6 Å². The van der Waals surface area contributed by atoms with E-state index in [0.717, 1.165) is 28.3 Å². The molecule has 0 saturated heterocycles. The Hall–Kier alpha value is -0.890. The van der Waals surface area contributed by atoms with E-state index in [0.29, 0.717) is 10.0 Å². The van der Waals surface area contributed by atoms with E-state index in [-0.39, 0.29) is 6.04 Å². The third kappa shape index (κ3) is 3.60. The van der Waals surface area contributed by atoms with Crippen LogP contribution in [0.25, 0.3) is 0 Å². The molecular weight excluding hydrogens is 313 g/mol. The van der Waals surface area contributed by atoms with Crippen molar-refractivity contribution in [1.82, 2.24) is 0 Å². The van der Waals surface area contributed by atoms with Crippen molar-refractivity contribution in [3.8, 4) is 0 Å². The third-order valence-corrected chi connectivity index (χ3v) is 4.07. The van der Waals surface area contributed by atoms with Gasteiger partial charge in [-0.3, -0.25) is 0 Å². The van der Waals surface area contributed by atoms with Crippen molar-refractivity contribution < 1.29 is 0 Å². The number of benzene rings is 2. The fourth-order valence-corrected chi connectivity index (χ4v) is 2.83. The van der Waals surface area contributed by atoms with E-state index < -0.39 is 0 Å². The predicted molar refractivity (Wildman–Crippen MR) is 89.3 cm³/mol. The predicted octanol–water partition coefficient (Wildman–Crippen LogP) is 6.52. The van der Waals surface area contributed by atoms with E-state index in [1.807, 2.05) is 30.3 Å². The monoisotopic (exact) mass is 327 g/mol. The molecule has 1 N–H and O–H groups in total. The first-order chi connectivity index (χ1) is 9.51. The molecule has 0 aliphatic carbocycles. The maximum atomic E-state index is 6.29.